The zero-order valence-corrected chi connectivity index (χ0v) is 50.2. The number of aromatic carboxylic acids is 1. The van der Waals surface area contributed by atoms with Crippen molar-refractivity contribution in [2.75, 3.05) is 40.9 Å². The van der Waals surface area contributed by atoms with Crippen molar-refractivity contribution in [3.63, 3.8) is 0 Å². The topological polar surface area (TPSA) is 301 Å². The summed E-state index contributed by atoms with van der Waals surface area (Å²) in [5, 5.41) is 55.6. The summed E-state index contributed by atoms with van der Waals surface area (Å²) in [5.74, 6) is -7.71. The lowest BCUT2D eigenvalue weighted by molar-refractivity contribution is -0.319. The van der Waals surface area contributed by atoms with Gasteiger partial charge >= 0.3 is 23.9 Å². The monoisotopic (exact) mass is 1150 g/mol. The summed E-state index contributed by atoms with van der Waals surface area (Å²) in [7, 11) is 1.57. The summed E-state index contributed by atoms with van der Waals surface area (Å²) < 4.78 is 74.9. The van der Waals surface area contributed by atoms with Crippen molar-refractivity contribution >= 4 is 39.7 Å². The van der Waals surface area contributed by atoms with Gasteiger partial charge in [-0.25, -0.2) is 13.2 Å². The highest BCUT2D eigenvalue weighted by atomic mass is 32.2. The predicted molar refractivity (Wildman–Crippen MR) is 289 cm³/mol. The third-order valence-electron chi connectivity index (χ3n) is 15.6. The number of methoxy groups -OCH3 is 1. The van der Waals surface area contributed by atoms with Gasteiger partial charge < -0.3 is 68.3 Å². The number of hydrogen-bond donors (Lipinski definition) is 5. The highest BCUT2D eigenvalue weighted by Gasteiger charge is 2.54. The summed E-state index contributed by atoms with van der Waals surface area (Å²) in [4.78, 5) is 66.5. The molecule has 3 saturated heterocycles. The molecule has 18 atom stereocenters. The molecule has 0 bridgehead atoms. The van der Waals surface area contributed by atoms with Crippen molar-refractivity contribution in [3.8, 4) is 0 Å². The van der Waals surface area contributed by atoms with Crippen LogP contribution in [0, 0.1) is 23.7 Å². The number of carboxylic acid groups (broad SMARTS) is 1. The Morgan fingerprint density at radius 2 is 1.38 bits per heavy atom. The van der Waals surface area contributed by atoms with Crippen molar-refractivity contribution in [3.05, 3.63) is 29.8 Å². The number of benzene rings is 1. The van der Waals surface area contributed by atoms with Crippen molar-refractivity contribution in [1.82, 2.24) is 9.21 Å². The molecule has 3 heterocycles. The SMILES string of the molecule is CCCN(CCC)S(=O)(=O)c1ccc(C(=O)O)cc1.CCOC(=O)CCC(=O)O[C@H]1[C@H](O[C@@H]2[C@@H](C)[C@H](O[C@H]3C[C@@](C)(OC)[C@@H](O)[C@H](C)O3)[C@@H](C)C(=O)O[C@H](CC)[C@@](C)(O)[C@H](O)[C@@H](C)C(=O)[C@H](C)C[C@@]2(C)O)O[C@H](C)C[C@@H]1N(C)C. The molecule has 1 aromatic rings. The molecule has 23 heteroatoms. The maximum Gasteiger partial charge on any atom is 0.335 e. The number of hydrogen-bond acceptors (Lipinski definition) is 20. The number of carbonyl (C=O) groups excluding carboxylic acids is 4. The maximum absolute atomic E-state index is 14.3. The number of sulfonamides is 1. The molecule has 5 N–H and O–H groups in total. The molecule has 0 saturated carbocycles. The highest BCUT2D eigenvalue weighted by molar-refractivity contribution is 7.89. The third kappa shape index (κ3) is 17.9. The summed E-state index contributed by atoms with van der Waals surface area (Å²) in [6.07, 6.45) is -9.64. The highest BCUT2D eigenvalue weighted by Crippen LogP contribution is 2.41. The standard InChI is InChI=1S/C43H75NO16.C13H19NO4S/c1-15-29-43(11,52)36(48)24(5)33(47)22(3)20-41(9,51)38(25(6)34(26(7)39(50)57-29)59-32-21-42(10,53-14)37(49)27(8)56-32)60-40-35(28(44(12)13)19-23(4)55-40)58-31(46)18-17-30(45)54-16-2;1-3-9-14(10-4-2)19(17,18)12-7-5-11(6-8-12)13(15)16/h22-29,32,34-38,40,48-49,51-52H,15-21H2,1-14H3;5-8H,3-4,9-10H2,1-2H3,(H,15,16)/t22-,23-,24+,25+,26-,27+,28+,29-,32+,34+,35-,36-,37+,38-,40+,41-,42-,43-;/m1./s1. The number of rotatable bonds is 19. The second-order valence-electron chi connectivity index (χ2n) is 22.5. The lowest BCUT2D eigenvalue weighted by Crippen LogP contribution is -2.61. The van der Waals surface area contributed by atoms with E-state index in [2.05, 4.69) is 0 Å². The zero-order valence-electron chi connectivity index (χ0n) is 49.4. The number of likely N-dealkylation sites (N-methyl/N-ethyl adjacent to an activating group) is 1. The Morgan fingerprint density at radius 3 is 1.90 bits per heavy atom. The number of carboxylic acids is 1. The molecule has 0 aliphatic carbocycles. The van der Waals surface area contributed by atoms with Crippen LogP contribution < -0.4 is 0 Å². The number of Topliss-reactive ketones (excluding diaryl/α,β-unsaturated/α-hetero) is 1. The van der Waals surface area contributed by atoms with Crippen LogP contribution >= 0.6 is 0 Å². The van der Waals surface area contributed by atoms with Gasteiger partial charge in [-0.3, -0.25) is 19.2 Å². The van der Waals surface area contributed by atoms with Gasteiger partial charge in [0.15, 0.2) is 18.7 Å². The van der Waals surface area contributed by atoms with Crippen LogP contribution in [0.2, 0.25) is 0 Å². The van der Waals surface area contributed by atoms with Gasteiger partial charge in [0.1, 0.15) is 23.6 Å². The van der Waals surface area contributed by atoms with Gasteiger partial charge in [0.2, 0.25) is 10.0 Å². The van der Waals surface area contributed by atoms with Gasteiger partial charge in [-0.2, -0.15) is 4.31 Å². The number of aliphatic hydroxyl groups is 4. The normalized spacial score (nSPS) is 36.1. The Bertz CT molecular complexity index is 2240. The van der Waals surface area contributed by atoms with Gasteiger partial charge in [0.05, 0.1) is 83.6 Å². The number of ketones is 1. The van der Waals surface area contributed by atoms with E-state index in [1.807, 2.05) is 39.8 Å². The van der Waals surface area contributed by atoms with Crippen LogP contribution in [0.5, 0.6) is 0 Å². The number of carbonyl (C=O) groups is 5. The van der Waals surface area contributed by atoms with E-state index in [9.17, 15) is 52.8 Å². The van der Waals surface area contributed by atoms with Crippen LogP contribution in [0.25, 0.3) is 0 Å². The van der Waals surface area contributed by atoms with Gasteiger partial charge in [-0.05, 0) is 119 Å². The van der Waals surface area contributed by atoms with Crippen LogP contribution in [0.15, 0.2) is 29.2 Å². The van der Waals surface area contributed by atoms with Crippen LogP contribution in [0.3, 0.4) is 0 Å². The number of ether oxygens (including phenoxy) is 8. The van der Waals surface area contributed by atoms with Crippen LogP contribution in [-0.2, 0) is 67.1 Å². The van der Waals surface area contributed by atoms with E-state index in [4.69, 9.17) is 43.0 Å². The first-order valence-electron chi connectivity index (χ1n) is 27.8. The van der Waals surface area contributed by atoms with Crippen LogP contribution in [-0.4, -0.2) is 198 Å². The molecule has 3 aliphatic rings. The molecule has 0 unspecified atom stereocenters. The molecular formula is C56H94N2O20S. The lowest BCUT2D eigenvalue weighted by Gasteiger charge is -2.49. The Morgan fingerprint density at radius 1 is 0.797 bits per heavy atom. The number of cyclic esters (lactones) is 1. The van der Waals surface area contributed by atoms with Crippen molar-refractivity contribution in [1.29, 1.82) is 0 Å². The van der Waals surface area contributed by atoms with Crippen LogP contribution in [0.1, 0.15) is 152 Å². The molecule has 454 valence electrons. The molecule has 0 radical (unpaired) electrons. The number of esters is 3. The van der Waals surface area contributed by atoms with Crippen LogP contribution in [0.4, 0.5) is 0 Å². The minimum absolute atomic E-state index is 0.0431. The summed E-state index contributed by atoms with van der Waals surface area (Å²) in [6.45, 7) is 22.7. The fraction of sp³-hybridized carbons (Fsp3) is 0.804. The smallest absolute Gasteiger partial charge is 0.335 e. The molecular weight excluding hydrogens is 1050 g/mol. The van der Waals surface area contributed by atoms with E-state index < -0.39 is 148 Å². The Balaban J connectivity index is 0.000000725. The molecule has 79 heavy (non-hydrogen) atoms. The Hall–Kier alpha value is -3.72. The van der Waals surface area contributed by atoms with Crippen molar-refractivity contribution < 1.29 is 95.8 Å². The fourth-order valence-electron chi connectivity index (χ4n) is 10.9. The van der Waals surface area contributed by atoms with E-state index in [1.165, 1.54) is 56.5 Å². The Labute approximate surface area is 468 Å². The molecule has 1 aromatic carbocycles. The van der Waals surface area contributed by atoms with Gasteiger partial charge in [-0.15, -0.1) is 0 Å². The fourth-order valence-corrected chi connectivity index (χ4v) is 12.6. The summed E-state index contributed by atoms with van der Waals surface area (Å²) in [6, 6.07) is 4.87. The minimum atomic E-state index is -3.53. The van der Waals surface area contributed by atoms with E-state index in [0.717, 1.165) is 12.8 Å². The second kappa shape index (κ2) is 30.0. The largest absolute Gasteiger partial charge is 0.478 e. The molecule has 4 rings (SSSR count). The maximum atomic E-state index is 14.3. The molecule has 3 aliphatic heterocycles. The molecule has 22 nitrogen and oxygen atoms in total. The molecule has 3 fully saturated rings. The minimum Gasteiger partial charge on any atom is -0.478 e. The van der Waals surface area contributed by atoms with Crippen molar-refractivity contribution in [2.45, 2.75) is 231 Å². The summed E-state index contributed by atoms with van der Waals surface area (Å²) in [5.41, 5.74) is -4.98. The van der Waals surface area contributed by atoms with E-state index >= 15 is 0 Å². The first kappa shape index (κ1) is 69.5. The second-order valence-corrected chi connectivity index (χ2v) is 24.4. The van der Waals surface area contributed by atoms with E-state index in [-0.39, 0.29) is 49.2 Å². The first-order chi connectivity index (χ1) is 36.7. The number of aliphatic hydroxyl groups excluding tert-OH is 2. The average Bonchev–Trinajstić information content (AvgIpc) is 3.38. The van der Waals surface area contributed by atoms with Gasteiger partial charge in [0.25, 0.3) is 0 Å². The molecule has 0 amide bonds. The lowest BCUT2D eigenvalue weighted by atomic mass is 9.74. The zero-order chi connectivity index (χ0) is 60.1. The number of nitrogens with zero attached hydrogens (tertiary/aromatic N) is 2. The van der Waals surface area contributed by atoms with E-state index in [1.54, 1.807) is 48.5 Å². The average molecular weight is 1150 g/mol. The van der Waals surface area contributed by atoms with Crippen molar-refractivity contribution in [2.24, 2.45) is 23.7 Å². The van der Waals surface area contributed by atoms with Gasteiger partial charge in [0, 0.05) is 44.4 Å². The van der Waals surface area contributed by atoms with Gasteiger partial charge in [-0.1, -0.05) is 41.5 Å². The predicted octanol–water partition coefficient (Wildman–Crippen LogP) is 4.88. The molecule has 0 aromatic heterocycles. The Kier molecular flexibility index (Phi) is 26.4. The first-order valence-corrected chi connectivity index (χ1v) is 29.2. The summed E-state index contributed by atoms with van der Waals surface area (Å²) >= 11 is 0. The third-order valence-corrected chi connectivity index (χ3v) is 17.5. The quantitative estimate of drug-likeness (QED) is 0.0911. The van der Waals surface area contributed by atoms with E-state index in [0.29, 0.717) is 19.5 Å². The molecule has 0 spiro atoms.